The number of aromatic amines is 1. The van der Waals surface area contributed by atoms with Gasteiger partial charge in [0.1, 0.15) is 11.8 Å². The highest BCUT2D eigenvalue weighted by Gasteiger charge is 2.41. The number of halogens is 3. The minimum atomic E-state index is -4.94. The summed E-state index contributed by atoms with van der Waals surface area (Å²) in [7, 11) is -4.34. The summed E-state index contributed by atoms with van der Waals surface area (Å²) in [5, 5.41) is 2.80. The Morgan fingerprint density at radius 1 is 1.19 bits per heavy atom. The Morgan fingerprint density at radius 3 is 2.43 bits per heavy atom. The smallest absolute Gasteiger partial charge is 0.406 e. The molecule has 1 fully saturated rings. The quantitative estimate of drug-likeness (QED) is 0.524. The van der Waals surface area contributed by atoms with Crippen LogP contribution in [0.2, 0.25) is 0 Å². The van der Waals surface area contributed by atoms with Gasteiger partial charge in [-0.15, -0.1) is 13.2 Å². The molecule has 2 N–H and O–H groups in total. The molecule has 2 heterocycles. The number of pyridine rings is 1. The molecule has 2 amide bonds. The SMILES string of the molecule is CCCC(NC(=O)[C@H]1CN(C(C)=O)CCN1S(=O)(=O)c1ccc(OC(F)(F)F)cc1)c1cc[nH]c(=O)c1. The van der Waals surface area contributed by atoms with Crippen molar-refractivity contribution in [1.82, 2.24) is 19.5 Å². The minimum absolute atomic E-state index is 0.0278. The molecule has 2 aromatic rings. The number of rotatable bonds is 8. The van der Waals surface area contributed by atoms with Crippen LogP contribution in [0.4, 0.5) is 13.2 Å². The number of carbonyl (C=O) groups is 2. The van der Waals surface area contributed by atoms with Crippen LogP contribution in [0.25, 0.3) is 0 Å². The number of piperazine rings is 1. The van der Waals surface area contributed by atoms with Crippen LogP contribution in [0.1, 0.15) is 38.3 Å². The highest BCUT2D eigenvalue weighted by molar-refractivity contribution is 7.89. The van der Waals surface area contributed by atoms with E-state index in [1.165, 1.54) is 24.1 Å². The van der Waals surface area contributed by atoms with Crippen molar-refractivity contribution in [2.75, 3.05) is 19.6 Å². The minimum Gasteiger partial charge on any atom is -0.406 e. The third kappa shape index (κ3) is 7.10. The molecule has 0 radical (unpaired) electrons. The van der Waals surface area contributed by atoms with Gasteiger partial charge in [-0.25, -0.2) is 8.42 Å². The normalized spacial score (nSPS) is 17.8. The summed E-state index contributed by atoms with van der Waals surface area (Å²) < 4.78 is 69.0. The van der Waals surface area contributed by atoms with Crippen molar-refractivity contribution < 1.29 is 35.9 Å². The van der Waals surface area contributed by atoms with Crippen molar-refractivity contribution >= 4 is 21.8 Å². The second-order valence-corrected chi connectivity index (χ2v) is 10.3. The van der Waals surface area contributed by atoms with Gasteiger partial charge in [-0.3, -0.25) is 14.4 Å². The van der Waals surface area contributed by atoms with Gasteiger partial charge in [0.25, 0.3) is 0 Å². The van der Waals surface area contributed by atoms with Gasteiger partial charge in [-0.05, 0) is 42.3 Å². The molecule has 0 bridgehead atoms. The maximum atomic E-state index is 13.4. The Bertz CT molecular complexity index is 1280. The average Bonchev–Trinajstić information content (AvgIpc) is 2.82. The number of H-pyrrole nitrogens is 1. The van der Waals surface area contributed by atoms with Crippen molar-refractivity contribution in [3.8, 4) is 5.75 Å². The van der Waals surface area contributed by atoms with Crippen molar-refractivity contribution in [2.45, 2.75) is 50.0 Å². The molecule has 1 saturated heterocycles. The monoisotopic (exact) mass is 544 g/mol. The summed E-state index contributed by atoms with van der Waals surface area (Å²) in [6.45, 7) is 2.79. The van der Waals surface area contributed by atoms with Gasteiger partial charge in [0.15, 0.2) is 0 Å². The highest BCUT2D eigenvalue weighted by Crippen LogP contribution is 2.27. The zero-order chi connectivity index (χ0) is 27.4. The van der Waals surface area contributed by atoms with Crippen LogP contribution in [0, 0.1) is 0 Å². The zero-order valence-corrected chi connectivity index (χ0v) is 20.9. The fourth-order valence-corrected chi connectivity index (χ4v) is 5.63. The Kier molecular flexibility index (Phi) is 8.64. The molecule has 0 saturated carbocycles. The molecule has 1 aliphatic heterocycles. The summed E-state index contributed by atoms with van der Waals surface area (Å²) in [6, 6.07) is 4.71. The van der Waals surface area contributed by atoms with E-state index in [4.69, 9.17) is 0 Å². The van der Waals surface area contributed by atoms with Crippen LogP contribution in [-0.4, -0.2) is 66.5 Å². The molecule has 202 valence electrons. The van der Waals surface area contributed by atoms with E-state index in [1.54, 1.807) is 6.07 Å². The standard InChI is InChI=1S/C23H27F3N4O6S/c1-3-4-19(16-9-10-27-21(32)13-16)28-22(33)20-14-29(15(2)31)11-12-30(20)37(34,35)18-7-5-17(6-8-18)36-23(24,25)26/h5-10,13,19-20H,3-4,11-12,14H2,1-2H3,(H,27,32)(H,28,33)/t19?,20-/m1/s1. The fourth-order valence-electron chi connectivity index (χ4n) is 4.06. The van der Waals surface area contributed by atoms with Gasteiger partial charge >= 0.3 is 6.36 Å². The summed E-state index contributed by atoms with van der Waals surface area (Å²) in [6.07, 6.45) is -2.39. The van der Waals surface area contributed by atoms with Gasteiger partial charge in [-0.1, -0.05) is 13.3 Å². The number of sulfonamides is 1. The highest BCUT2D eigenvalue weighted by atomic mass is 32.2. The fraction of sp³-hybridized carbons (Fsp3) is 0.435. The van der Waals surface area contributed by atoms with E-state index in [0.29, 0.717) is 18.4 Å². The number of aromatic nitrogens is 1. The summed E-state index contributed by atoms with van der Waals surface area (Å²) >= 11 is 0. The van der Waals surface area contributed by atoms with Crippen molar-refractivity contribution in [3.63, 3.8) is 0 Å². The number of amides is 2. The molecule has 1 aliphatic rings. The van der Waals surface area contributed by atoms with Gasteiger partial charge < -0.3 is 19.9 Å². The van der Waals surface area contributed by atoms with Crippen LogP contribution >= 0.6 is 0 Å². The molecule has 14 heteroatoms. The Balaban J connectivity index is 1.90. The first-order valence-corrected chi connectivity index (χ1v) is 12.9. The Labute approximate surface area is 211 Å². The molecule has 1 unspecified atom stereocenters. The first kappa shape index (κ1) is 28.2. The van der Waals surface area contributed by atoms with E-state index in [1.807, 2.05) is 6.92 Å². The van der Waals surface area contributed by atoms with E-state index in [9.17, 15) is 36.0 Å². The lowest BCUT2D eigenvalue weighted by Crippen LogP contribution is -2.61. The third-order valence-corrected chi connectivity index (χ3v) is 7.76. The molecule has 0 aliphatic carbocycles. The van der Waals surface area contributed by atoms with E-state index in [-0.39, 0.29) is 36.0 Å². The van der Waals surface area contributed by atoms with Gasteiger partial charge in [0.05, 0.1) is 10.9 Å². The van der Waals surface area contributed by atoms with Crippen molar-refractivity contribution in [3.05, 3.63) is 58.5 Å². The van der Waals surface area contributed by atoms with E-state index >= 15 is 0 Å². The van der Waals surface area contributed by atoms with Gasteiger partial charge in [0, 0.05) is 38.8 Å². The Morgan fingerprint density at radius 2 is 1.86 bits per heavy atom. The molecular weight excluding hydrogens is 517 g/mol. The second-order valence-electron chi connectivity index (χ2n) is 8.45. The molecular formula is C23H27F3N4O6S. The predicted molar refractivity (Wildman–Crippen MR) is 126 cm³/mol. The van der Waals surface area contributed by atoms with Crippen LogP contribution < -0.4 is 15.6 Å². The lowest BCUT2D eigenvalue weighted by molar-refractivity contribution is -0.274. The predicted octanol–water partition coefficient (Wildman–Crippen LogP) is 2.15. The second kappa shape index (κ2) is 11.3. The first-order valence-electron chi connectivity index (χ1n) is 11.4. The summed E-state index contributed by atoms with van der Waals surface area (Å²) in [5.74, 6) is -1.61. The average molecular weight is 545 g/mol. The number of ether oxygens (including phenoxy) is 1. The number of hydrogen-bond acceptors (Lipinski definition) is 6. The maximum absolute atomic E-state index is 13.4. The number of nitrogens with zero attached hydrogens (tertiary/aromatic N) is 2. The Hall–Kier alpha value is -3.39. The molecule has 2 atom stereocenters. The van der Waals surface area contributed by atoms with Crippen LogP contribution in [-0.2, 0) is 19.6 Å². The van der Waals surface area contributed by atoms with Gasteiger partial charge in [0.2, 0.25) is 27.4 Å². The van der Waals surface area contributed by atoms with E-state index in [2.05, 4.69) is 15.0 Å². The molecule has 1 aromatic carbocycles. The number of benzene rings is 1. The largest absolute Gasteiger partial charge is 0.573 e. The molecule has 3 rings (SSSR count). The summed E-state index contributed by atoms with van der Waals surface area (Å²) in [5.41, 5.74) is 0.170. The van der Waals surface area contributed by atoms with Crippen LogP contribution in [0.3, 0.4) is 0 Å². The van der Waals surface area contributed by atoms with Crippen molar-refractivity contribution in [1.29, 1.82) is 0 Å². The lowest BCUT2D eigenvalue weighted by atomic mass is 10.0. The molecule has 37 heavy (non-hydrogen) atoms. The summed E-state index contributed by atoms with van der Waals surface area (Å²) in [4.78, 5) is 40.7. The van der Waals surface area contributed by atoms with Crippen LogP contribution in [0.5, 0.6) is 5.75 Å². The third-order valence-electron chi connectivity index (χ3n) is 5.84. The number of hydrogen-bond donors (Lipinski definition) is 2. The number of alkyl halides is 3. The lowest BCUT2D eigenvalue weighted by Gasteiger charge is -2.39. The topological polar surface area (TPSA) is 129 Å². The number of carbonyl (C=O) groups excluding carboxylic acids is 2. The van der Waals surface area contributed by atoms with E-state index < -0.39 is 40.1 Å². The maximum Gasteiger partial charge on any atom is 0.573 e. The first-order chi connectivity index (χ1) is 17.3. The molecule has 1 aromatic heterocycles. The molecule has 0 spiro atoms. The zero-order valence-electron chi connectivity index (χ0n) is 20.1. The molecule has 10 nitrogen and oxygen atoms in total. The van der Waals surface area contributed by atoms with Crippen molar-refractivity contribution in [2.24, 2.45) is 0 Å². The van der Waals surface area contributed by atoms with Crippen LogP contribution in [0.15, 0.2) is 52.3 Å². The van der Waals surface area contributed by atoms with E-state index in [0.717, 1.165) is 28.6 Å². The number of nitrogens with one attached hydrogen (secondary N) is 2. The van der Waals surface area contributed by atoms with Gasteiger partial charge in [-0.2, -0.15) is 4.31 Å².